The SMILES string of the molecule is CCOc1ccccc1C(=O)Nc1c2c(nn1-c1ccc(OC)cc1)C[S@@](=O)C2. The predicted octanol–water partition coefficient (Wildman–Crippen LogP) is 3.29. The third-order valence-electron chi connectivity index (χ3n) is 4.65. The fourth-order valence-electron chi connectivity index (χ4n) is 3.28. The van der Waals surface area contributed by atoms with Crippen molar-refractivity contribution in [3.63, 3.8) is 0 Å². The van der Waals surface area contributed by atoms with Crippen molar-refractivity contribution in [3.05, 3.63) is 65.4 Å². The number of anilines is 1. The highest BCUT2D eigenvalue weighted by Crippen LogP contribution is 2.32. The number of hydrogen-bond acceptors (Lipinski definition) is 5. The maximum Gasteiger partial charge on any atom is 0.260 e. The zero-order valence-corrected chi connectivity index (χ0v) is 17.0. The lowest BCUT2D eigenvalue weighted by molar-refractivity contribution is 0.102. The number of aromatic nitrogens is 2. The Hall–Kier alpha value is -3.13. The van der Waals surface area contributed by atoms with E-state index in [2.05, 4.69) is 10.4 Å². The second-order valence-electron chi connectivity index (χ2n) is 6.50. The van der Waals surface area contributed by atoms with Gasteiger partial charge < -0.3 is 14.8 Å². The van der Waals surface area contributed by atoms with E-state index < -0.39 is 10.8 Å². The lowest BCUT2D eigenvalue weighted by atomic mass is 10.2. The second-order valence-corrected chi connectivity index (χ2v) is 7.95. The summed E-state index contributed by atoms with van der Waals surface area (Å²) >= 11 is 0. The summed E-state index contributed by atoms with van der Waals surface area (Å²) < 4.78 is 24.5. The van der Waals surface area contributed by atoms with Crippen LogP contribution in [0.2, 0.25) is 0 Å². The van der Waals surface area contributed by atoms with Crippen LogP contribution >= 0.6 is 0 Å². The number of benzene rings is 2. The van der Waals surface area contributed by atoms with Gasteiger partial charge in [0.05, 0.1) is 42.2 Å². The number of ether oxygens (including phenoxy) is 2. The fraction of sp³-hybridized carbons (Fsp3) is 0.238. The molecular weight excluding hydrogens is 390 g/mol. The Balaban J connectivity index is 1.73. The molecule has 1 amide bonds. The topological polar surface area (TPSA) is 82.4 Å². The number of rotatable bonds is 6. The number of carbonyl (C=O) groups is 1. The van der Waals surface area contributed by atoms with Gasteiger partial charge in [-0.25, -0.2) is 4.68 Å². The molecule has 0 radical (unpaired) electrons. The highest BCUT2D eigenvalue weighted by Gasteiger charge is 2.29. The van der Waals surface area contributed by atoms with E-state index in [0.29, 0.717) is 35.2 Å². The lowest BCUT2D eigenvalue weighted by Gasteiger charge is -2.13. The van der Waals surface area contributed by atoms with E-state index in [1.807, 2.05) is 37.3 Å². The molecule has 2 aromatic carbocycles. The van der Waals surface area contributed by atoms with E-state index >= 15 is 0 Å². The number of fused-ring (bicyclic) bond motifs is 1. The van der Waals surface area contributed by atoms with Crippen LogP contribution in [0, 0.1) is 0 Å². The van der Waals surface area contributed by atoms with E-state index in [1.165, 1.54) is 0 Å². The van der Waals surface area contributed by atoms with Gasteiger partial charge in [-0.3, -0.25) is 9.00 Å². The molecular formula is C21H21N3O4S. The highest BCUT2D eigenvalue weighted by molar-refractivity contribution is 7.83. The Morgan fingerprint density at radius 3 is 2.66 bits per heavy atom. The molecule has 1 aromatic heterocycles. The van der Waals surface area contributed by atoms with Crippen LogP contribution in [0.15, 0.2) is 48.5 Å². The van der Waals surface area contributed by atoms with Crippen molar-refractivity contribution in [1.29, 1.82) is 0 Å². The number of amides is 1. The van der Waals surface area contributed by atoms with Crippen molar-refractivity contribution in [2.75, 3.05) is 19.0 Å². The van der Waals surface area contributed by atoms with Crippen LogP contribution in [-0.4, -0.2) is 33.6 Å². The summed E-state index contributed by atoms with van der Waals surface area (Å²) in [5.41, 5.74) is 2.76. The molecule has 2 heterocycles. The number of nitrogens with zero attached hydrogens (tertiary/aromatic N) is 2. The first-order chi connectivity index (χ1) is 14.1. The Kier molecular flexibility index (Phi) is 5.35. The molecule has 0 bridgehead atoms. The quantitative estimate of drug-likeness (QED) is 0.673. The van der Waals surface area contributed by atoms with Crippen molar-refractivity contribution in [3.8, 4) is 17.2 Å². The predicted molar refractivity (Wildman–Crippen MR) is 111 cm³/mol. The first-order valence-electron chi connectivity index (χ1n) is 9.24. The van der Waals surface area contributed by atoms with Gasteiger partial charge >= 0.3 is 0 Å². The maximum absolute atomic E-state index is 13.0. The van der Waals surface area contributed by atoms with Crippen LogP contribution in [0.1, 0.15) is 28.5 Å². The molecule has 0 spiro atoms. The van der Waals surface area contributed by atoms with E-state index in [9.17, 15) is 9.00 Å². The molecule has 0 fully saturated rings. The minimum atomic E-state index is -1.01. The van der Waals surface area contributed by atoms with Gasteiger partial charge in [-0.2, -0.15) is 5.10 Å². The number of nitrogens with one attached hydrogen (secondary N) is 1. The number of para-hydroxylation sites is 1. The van der Waals surface area contributed by atoms with Crippen LogP contribution in [0.3, 0.4) is 0 Å². The zero-order valence-electron chi connectivity index (χ0n) is 16.2. The van der Waals surface area contributed by atoms with Crippen molar-refractivity contribution < 1.29 is 18.5 Å². The molecule has 0 aliphatic carbocycles. The van der Waals surface area contributed by atoms with Gasteiger partial charge in [0.25, 0.3) is 5.91 Å². The van der Waals surface area contributed by atoms with E-state index in [1.54, 1.807) is 30.0 Å². The lowest BCUT2D eigenvalue weighted by Crippen LogP contribution is -2.17. The van der Waals surface area contributed by atoms with Crippen LogP contribution < -0.4 is 14.8 Å². The van der Waals surface area contributed by atoms with Crippen LogP contribution in [0.25, 0.3) is 5.69 Å². The minimum absolute atomic E-state index is 0.302. The van der Waals surface area contributed by atoms with Crippen molar-refractivity contribution in [1.82, 2.24) is 9.78 Å². The molecule has 8 heteroatoms. The molecule has 1 atom stereocenters. The molecule has 1 aliphatic rings. The normalized spacial score (nSPS) is 15.0. The van der Waals surface area contributed by atoms with Gasteiger partial charge in [0, 0.05) is 16.4 Å². The summed E-state index contributed by atoms with van der Waals surface area (Å²) in [6, 6.07) is 14.5. The van der Waals surface area contributed by atoms with Gasteiger partial charge in [-0.1, -0.05) is 12.1 Å². The van der Waals surface area contributed by atoms with Gasteiger partial charge in [0.1, 0.15) is 17.3 Å². The third-order valence-corrected chi connectivity index (χ3v) is 5.86. The Morgan fingerprint density at radius 2 is 1.93 bits per heavy atom. The maximum atomic E-state index is 13.0. The van der Waals surface area contributed by atoms with Crippen LogP contribution in [-0.2, 0) is 22.3 Å². The molecule has 0 saturated carbocycles. The first kappa shape index (κ1) is 19.2. The summed E-state index contributed by atoms with van der Waals surface area (Å²) in [4.78, 5) is 13.0. The third kappa shape index (κ3) is 3.75. The summed E-state index contributed by atoms with van der Waals surface area (Å²) in [5, 5.41) is 7.58. The second kappa shape index (κ2) is 8.08. The molecule has 1 aliphatic heterocycles. The monoisotopic (exact) mass is 411 g/mol. The first-order valence-corrected chi connectivity index (χ1v) is 10.7. The van der Waals surface area contributed by atoms with Gasteiger partial charge in [0.2, 0.25) is 0 Å². The minimum Gasteiger partial charge on any atom is -0.497 e. The average Bonchev–Trinajstić information content (AvgIpc) is 3.25. The fourth-order valence-corrected chi connectivity index (χ4v) is 4.54. The number of carbonyl (C=O) groups excluding carboxylic acids is 1. The van der Waals surface area contributed by atoms with Gasteiger partial charge in [-0.15, -0.1) is 0 Å². The summed E-state index contributed by atoms with van der Waals surface area (Å²) in [6.45, 7) is 2.33. The van der Waals surface area contributed by atoms with Crippen molar-refractivity contribution in [2.24, 2.45) is 0 Å². The van der Waals surface area contributed by atoms with Crippen molar-refractivity contribution in [2.45, 2.75) is 18.4 Å². The standard InChI is InChI=1S/C21H21N3O4S/c1-3-28-19-7-5-4-6-16(19)21(25)22-20-17-12-29(26)13-18(17)23-24(20)14-8-10-15(27-2)11-9-14/h4-11H,3,12-13H2,1-2H3,(H,22,25)/t29-/m0/s1. The van der Waals surface area contributed by atoms with Crippen molar-refractivity contribution >= 4 is 22.5 Å². The summed E-state index contributed by atoms with van der Waals surface area (Å²) in [5.74, 6) is 2.23. The zero-order chi connectivity index (χ0) is 20.4. The largest absolute Gasteiger partial charge is 0.497 e. The highest BCUT2D eigenvalue weighted by atomic mass is 32.2. The molecule has 29 heavy (non-hydrogen) atoms. The van der Waals surface area contributed by atoms with E-state index in [0.717, 1.165) is 22.7 Å². The number of hydrogen-bond donors (Lipinski definition) is 1. The van der Waals surface area contributed by atoms with E-state index in [-0.39, 0.29) is 5.91 Å². The molecule has 1 N–H and O–H groups in total. The van der Waals surface area contributed by atoms with Gasteiger partial charge in [0.15, 0.2) is 0 Å². The summed E-state index contributed by atoms with van der Waals surface area (Å²) in [7, 11) is 0.599. The smallest absolute Gasteiger partial charge is 0.260 e. The average molecular weight is 411 g/mol. The molecule has 0 unspecified atom stereocenters. The molecule has 4 rings (SSSR count). The molecule has 150 valence electrons. The Bertz CT molecular complexity index is 1080. The van der Waals surface area contributed by atoms with Crippen LogP contribution in [0.4, 0.5) is 5.82 Å². The molecule has 7 nitrogen and oxygen atoms in total. The number of methoxy groups -OCH3 is 1. The molecule has 0 saturated heterocycles. The Morgan fingerprint density at radius 1 is 1.17 bits per heavy atom. The van der Waals surface area contributed by atoms with Crippen LogP contribution in [0.5, 0.6) is 11.5 Å². The van der Waals surface area contributed by atoms with E-state index in [4.69, 9.17) is 9.47 Å². The summed E-state index contributed by atoms with van der Waals surface area (Å²) in [6.07, 6.45) is 0. The Labute approximate surface area is 171 Å². The van der Waals surface area contributed by atoms with Gasteiger partial charge in [-0.05, 0) is 43.3 Å². The molecule has 3 aromatic rings.